The Bertz CT molecular complexity index is 868. The molecule has 5 nitrogen and oxygen atoms in total. The van der Waals surface area contributed by atoms with E-state index in [0.29, 0.717) is 0 Å². The zero-order valence-electron chi connectivity index (χ0n) is 11.5. The predicted octanol–water partition coefficient (Wildman–Crippen LogP) is 3.66. The van der Waals surface area contributed by atoms with Gasteiger partial charge in [-0.1, -0.05) is 11.6 Å². The summed E-state index contributed by atoms with van der Waals surface area (Å²) in [5.74, 6) is -1.72. The summed E-state index contributed by atoms with van der Waals surface area (Å²) >= 11 is 5.76. The minimum absolute atomic E-state index is 0.131. The summed E-state index contributed by atoms with van der Waals surface area (Å²) in [5, 5.41) is 8.90. The average Bonchev–Trinajstić information content (AvgIpc) is 3.05. The molecule has 0 spiro atoms. The van der Waals surface area contributed by atoms with E-state index in [1.807, 2.05) is 0 Å². The average molecular weight is 335 g/mol. The molecule has 0 unspecified atom stereocenters. The van der Waals surface area contributed by atoms with E-state index in [1.54, 1.807) is 0 Å². The van der Waals surface area contributed by atoms with E-state index in [0.717, 1.165) is 6.07 Å². The van der Waals surface area contributed by atoms with Crippen LogP contribution in [0.2, 0.25) is 5.02 Å². The molecule has 3 rings (SSSR count). The second-order valence-corrected chi connectivity index (χ2v) is 5.04. The Balaban J connectivity index is 1.90. The summed E-state index contributed by atoms with van der Waals surface area (Å²) in [4.78, 5) is 16.0. The first kappa shape index (κ1) is 15.1. The first-order valence-corrected chi connectivity index (χ1v) is 6.84. The van der Waals surface area contributed by atoms with Gasteiger partial charge in [-0.3, -0.25) is 9.89 Å². The van der Waals surface area contributed by atoms with E-state index >= 15 is 0 Å². The number of nitrogens with zero attached hydrogens (tertiary/aromatic N) is 2. The van der Waals surface area contributed by atoms with Crippen LogP contribution in [-0.2, 0) is 0 Å². The van der Waals surface area contributed by atoms with Gasteiger partial charge in [0.2, 0.25) is 0 Å². The Morgan fingerprint density at radius 1 is 1.13 bits per heavy atom. The van der Waals surface area contributed by atoms with Gasteiger partial charge in [0.05, 0.1) is 11.1 Å². The number of halogens is 3. The number of nitrogens with one attached hydrogen (secondary N) is 2. The quantitative estimate of drug-likeness (QED) is 0.768. The van der Waals surface area contributed by atoms with E-state index in [-0.39, 0.29) is 27.7 Å². The number of aromatic nitrogens is 3. The lowest BCUT2D eigenvalue weighted by Crippen LogP contribution is -2.14. The second kappa shape index (κ2) is 6.13. The molecule has 0 saturated heterocycles. The molecule has 2 aromatic carbocycles. The molecule has 0 aliphatic carbocycles. The van der Waals surface area contributed by atoms with Crippen molar-refractivity contribution in [3.05, 3.63) is 64.9 Å². The first-order valence-electron chi connectivity index (χ1n) is 6.46. The Morgan fingerprint density at radius 3 is 2.65 bits per heavy atom. The van der Waals surface area contributed by atoms with Crippen LogP contribution in [0.4, 0.5) is 14.5 Å². The number of hydrogen-bond donors (Lipinski definition) is 2. The zero-order valence-corrected chi connectivity index (χ0v) is 12.2. The van der Waals surface area contributed by atoms with Crippen LogP contribution >= 0.6 is 11.6 Å². The topological polar surface area (TPSA) is 70.7 Å². The van der Waals surface area contributed by atoms with Crippen LogP contribution < -0.4 is 5.32 Å². The Hall–Kier alpha value is -2.80. The molecule has 116 valence electrons. The molecule has 2 N–H and O–H groups in total. The van der Waals surface area contributed by atoms with Crippen molar-refractivity contribution in [3.63, 3.8) is 0 Å². The summed E-state index contributed by atoms with van der Waals surface area (Å²) in [6.45, 7) is 0. The molecule has 1 aromatic heterocycles. The Labute approximate surface area is 134 Å². The van der Waals surface area contributed by atoms with Gasteiger partial charge in [-0.15, -0.1) is 0 Å². The monoisotopic (exact) mass is 334 g/mol. The highest BCUT2D eigenvalue weighted by molar-refractivity contribution is 6.31. The molecular weight excluding hydrogens is 326 g/mol. The van der Waals surface area contributed by atoms with Crippen LogP contribution in [-0.4, -0.2) is 21.1 Å². The summed E-state index contributed by atoms with van der Waals surface area (Å²) in [6, 6.07) is 7.55. The van der Waals surface area contributed by atoms with E-state index in [4.69, 9.17) is 11.6 Å². The molecule has 0 saturated carbocycles. The van der Waals surface area contributed by atoms with Crippen LogP contribution in [0.1, 0.15) is 10.4 Å². The fraction of sp³-hybridized carbons (Fsp3) is 0. The fourth-order valence-corrected chi connectivity index (χ4v) is 2.16. The number of rotatable bonds is 3. The number of hydrogen-bond acceptors (Lipinski definition) is 3. The first-order chi connectivity index (χ1) is 11.0. The minimum atomic E-state index is -0.704. The SMILES string of the molecule is O=C(Nc1ccc(F)c(-c2ncn[nH]2)c1)c1cc(Cl)ccc1F. The lowest BCUT2D eigenvalue weighted by atomic mass is 10.1. The molecule has 1 amide bonds. The van der Waals surface area contributed by atoms with Gasteiger partial charge in [0, 0.05) is 10.7 Å². The number of benzene rings is 2. The van der Waals surface area contributed by atoms with Crippen molar-refractivity contribution in [2.75, 3.05) is 5.32 Å². The molecule has 8 heteroatoms. The Morgan fingerprint density at radius 2 is 1.91 bits per heavy atom. The third-order valence-electron chi connectivity index (χ3n) is 3.07. The molecule has 0 atom stereocenters. The number of H-pyrrole nitrogens is 1. The van der Waals surface area contributed by atoms with E-state index in [1.165, 1.54) is 36.7 Å². The highest BCUT2D eigenvalue weighted by Crippen LogP contribution is 2.23. The van der Waals surface area contributed by atoms with Gasteiger partial charge < -0.3 is 5.32 Å². The van der Waals surface area contributed by atoms with Crippen LogP contribution in [0, 0.1) is 11.6 Å². The normalized spacial score (nSPS) is 10.6. The number of carbonyl (C=O) groups is 1. The van der Waals surface area contributed by atoms with Crippen molar-refractivity contribution in [2.45, 2.75) is 0 Å². The summed E-state index contributed by atoms with van der Waals surface area (Å²) in [6.07, 6.45) is 1.24. The van der Waals surface area contributed by atoms with Crippen molar-refractivity contribution >= 4 is 23.2 Å². The van der Waals surface area contributed by atoms with E-state index in [9.17, 15) is 13.6 Å². The van der Waals surface area contributed by atoms with Gasteiger partial charge in [0.25, 0.3) is 5.91 Å². The highest BCUT2D eigenvalue weighted by Gasteiger charge is 2.14. The predicted molar refractivity (Wildman–Crippen MR) is 81.1 cm³/mol. The molecule has 23 heavy (non-hydrogen) atoms. The molecule has 1 heterocycles. The third kappa shape index (κ3) is 3.19. The maximum absolute atomic E-state index is 13.8. The lowest BCUT2D eigenvalue weighted by Gasteiger charge is -2.08. The largest absolute Gasteiger partial charge is 0.322 e. The van der Waals surface area contributed by atoms with Gasteiger partial charge in [-0.05, 0) is 36.4 Å². The summed E-state index contributed by atoms with van der Waals surface area (Å²) in [7, 11) is 0. The minimum Gasteiger partial charge on any atom is -0.322 e. The van der Waals surface area contributed by atoms with Crippen molar-refractivity contribution in [1.29, 1.82) is 0 Å². The second-order valence-electron chi connectivity index (χ2n) is 4.61. The molecule has 0 fully saturated rings. The number of aromatic amines is 1. The fourth-order valence-electron chi connectivity index (χ4n) is 1.99. The molecule has 0 radical (unpaired) electrons. The zero-order chi connectivity index (χ0) is 16.4. The molecule has 0 aliphatic heterocycles. The van der Waals surface area contributed by atoms with Crippen LogP contribution in [0.25, 0.3) is 11.4 Å². The highest BCUT2D eigenvalue weighted by atomic mass is 35.5. The van der Waals surface area contributed by atoms with Crippen LogP contribution in [0.3, 0.4) is 0 Å². The molecular formula is C15H9ClF2N4O. The van der Waals surface area contributed by atoms with Crippen molar-refractivity contribution < 1.29 is 13.6 Å². The van der Waals surface area contributed by atoms with Crippen LogP contribution in [0.5, 0.6) is 0 Å². The Kier molecular flexibility index (Phi) is 4.03. The van der Waals surface area contributed by atoms with Gasteiger partial charge in [0.15, 0.2) is 5.82 Å². The molecule has 3 aromatic rings. The number of carbonyl (C=O) groups excluding carboxylic acids is 1. The van der Waals surface area contributed by atoms with E-state index < -0.39 is 17.5 Å². The van der Waals surface area contributed by atoms with Crippen molar-refractivity contribution in [1.82, 2.24) is 15.2 Å². The van der Waals surface area contributed by atoms with Gasteiger partial charge in [0.1, 0.15) is 18.0 Å². The van der Waals surface area contributed by atoms with Crippen molar-refractivity contribution in [3.8, 4) is 11.4 Å². The maximum Gasteiger partial charge on any atom is 0.258 e. The third-order valence-corrected chi connectivity index (χ3v) is 3.30. The van der Waals surface area contributed by atoms with Crippen LogP contribution in [0.15, 0.2) is 42.7 Å². The van der Waals surface area contributed by atoms with Crippen molar-refractivity contribution in [2.24, 2.45) is 0 Å². The number of amides is 1. The maximum atomic E-state index is 13.8. The smallest absolute Gasteiger partial charge is 0.258 e. The number of anilines is 1. The van der Waals surface area contributed by atoms with Gasteiger partial charge in [-0.25, -0.2) is 13.8 Å². The lowest BCUT2D eigenvalue weighted by molar-refractivity contribution is 0.102. The van der Waals surface area contributed by atoms with E-state index in [2.05, 4.69) is 20.5 Å². The van der Waals surface area contributed by atoms with Gasteiger partial charge in [-0.2, -0.15) is 5.10 Å². The molecule has 0 bridgehead atoms. The standard InChI is InChI=1S/C15H9ClF2N4O/c16-8-1-3-13(18)11(5-8)15(23)21-9-2-4-12(17)10(6-9)14-19-7-20-22-14/h1-7H,(H,21,23)(H,19,20,22). The summed E-state index contributed by atoms with van der Waals surface area (Å²) < 4.78 is 27.5. The molecule has 0 aliphatic rings. The van der Waals surface area contributed by atoms with Gasteiger partial charge >= 0.3 is 0 Å². The summed E-state index contributed by atoms with van der Waals surface area (Å²) in [5.41, 5.74) is 0.206.